The first kappa shape index (κ1) is 14.6. The quantitative estimate of drug-likeness (QED) is 0.555. The summed E-state index contributed by atoms with van der Waals surface area (Å²) in [5.41, 5.74) is 0.720. The lowest BCUT2D eigenvalue weighted by molar-refractivity contribution is -0.143. The van der Waals surface area contributed by atoms with Crippen LogP contribution in [0.5, 0.6) is 0 Å². The lowest BCUT2D eigenvalue weighted by atomic mass is 10.1. The zero-order valence-corrected chi connectivity index (χ0v) is 10.7. The van der Waals surface area contributed by atoms with Crippen LogP contribution in [0.4, 0.5) is 0 Å². The van der Waals surface area contributed by atoms with Crippen LogP contribution in [0.3, 0.4) is 0 Å². The number of aliphatic hydroxyl groups is 1. The Balaban J connectivity index is 2.13. The van der Waals surface area contributed by atoms with Crippen molar-refractivity contribution in [2.24, 2.45) is 0 Å². The van der Waals surface area contributed by atoms with Crippen LogP contribution in [-0.2, 0) is 14.3 Å². The first-order valence-corrected chi connectivity index (χ1v) is 6.36. The van der Waals surface area contributed by atoms with Crippen LogP contribution in [0, 0.1) is 0 Å². The van der Waals surface area contributed by atoms with E-state index < -0.39 is 6.10 Å². The first-order chi connectivity index (χ1) is 8.63. The summed E-state index contributed by atoms with van der Waals surface area (Å²) < 4.78 is 4.80. The van der Waals surface area contributed by atoms with Crippen molar-refractivity contribution in [2.75, 3.05) is 6.61 Å². The molecule has 1 aliphatic rings. The largest absolute Gasteiger partial charge is 0.466 e. The van der Waals surface area contributed by atoms with Crippen LogP contribution in [0.15, 0.2) is 23.8 Å². The van der Waals surface area contributed by atoms with Crippen LogP contribution in [0.2, 0.25) is 0 Å². The number of ether oxygens (including phenoxy) is 1. The second-order valence-corrected chi connectivity index (χ2v) is 4.24. The lowest BCUT2D eigenvalue weighted by Crippen LogP contribution is -2.02. The van der Waals surface area contributed by atoms with Crippen LogP contribution in [0.25, 0.3) is 0 Å². The van der Waals surface area contributed by atoms with Crippen molar-refractivity contribution in [3.8, 4) is 0 Å². The van der Waals surface area contributed by atoms with E-state index in [9.17, 15) is 14.7 Å². The van der Waals surface area contributed by atoms with E-state index in [0.29, 0.717) is 25.9 Å². The van der Waals surface area contributed by atoms with Gasteiger partial charge < -0.3 is 9.84 Å². The zero-order valence-electron chi connectivity index (χ0n) is 10.7. The predicted octanol–water partition coefficient (Wildman–Crippen LogP) is 1.93. The molecule has 18 heavy (non-hydrogen) atoms. The Bertz CT molecular complexity index is 355. The summed E-state index contributed by atoms with van der Waals surface area (Å²) in [6, 6.07) is 0. The van der Waals surface area contributed by atoms with E-state index in [1.54, 1.807) is 13.0 Å². The molecule has 1 rings (SSSR count). The van der Waals surface area contributed by atoms with Crippen LogP contribution < -0.4 is 0 Å². The molecule has 0 spiro atoms. The average molecular weight is 252 g/mol. The maximum absolute atomic E-state index is 11.4. The standard InChI is InChI=1S/C14H20O4/c1-2-18-14(17)8-6-4-3-5-7-11-9-12(15)10-13(11)16/h3-4,9,12,15H,2,5-8,10H2,1H3/t12-/m0/s1. The van der Waals surface area contributed by atoms with E-state index >= 15 is 0 Å². The Hall–Kier alpha value is -1.42. The number of esters is 1. The lowest BCUT2D eigenvalue weighted by Gasteiger charge is -1.98. The molecule has 0 fully saturated rings. The molecule has 0 amide bonds. The van der Waals surface area contributed by atoms with Gasteiger partial charge in [0.05, 0.1) is 12.7 Å². The molecule has 0 aromatic heterocycles. The Morgan fingerprint density at radius 3 is 2.83 bits per heavy atom. The molecule has 0 heterocycles. The third-order valence-corrected chi connectivity index (χ3v) is 2.71. The fourth-order valence-corrected chi connectivity index (χ4v) is 1.84. The smallest absolute Gasteiger partial charge is 0.306 e. The topological polar surface area (TPSA) is 63.6 Å². The number of hydrogen-bond acceptors (Lipinski definition) is 4. The third kappa shape index (κ3) is 5.27. The molecule has 0 saturated carbocycles. The number of ketones is 1. The van der Waals surface area contributed by atoms with Crippen LogP contribution in [0.1, 0.15) is 39.0 Å². The molecule has 1 aliphatic carbocycles. The molecule has 0 bridgehead atoms. The molecule has 1 N–H and O–H groups in total. The highest BCUT2D eigenvalue weighted by molar-refractivity contribution is 5.98. The Kier molecular flexibility index (Phi) is 6.36. The molecule has 0 radical (unpaired) electrons. The number of aliphatic hydroxyl groups excluding tert-OH is 1. The van der Waals surface area contributed by atoms with Crippen molar-refractivity contribution in [1.29, 1.82) is 0 Å². The summed E-state index contributed by atoms with van der Waals surface area (Å²) >= 11 is 0. The van der Waals surface area contributed by atoms with Crippen LogP contribution >= 0.6 is 0 Å². The van der Waals surface area contributed by atoms with E-state index in [0.717, 1.165) is 12.0 Å². The van der Waals surface area contributed by atoms with Gasteiger partial charge in [-0.2, -0.15) is 0 Å². The van der Waals surface area contributed by atoms with Crippen molar-refractivity contribution < 1.29 is 19.4 Å². The Labute approximate surface area is 107 Å². The van der Waals surface area contributed by atoms with Crippen molar-refractivity contribution in [3.63, 3.8) is 0 Å². The molecule has 1 atom stereocenters. The number of allylic oxidation sites excluding steroid dienone is 3. The molecule has 0 aromatic carbocycles. The van der Waals surface area contributed by atoms with Gasteiger partial charge in [-0.05, 0) is 37.8 Å². The maximum Gasteiger partial charge on any atom is 0.306 e. The van der Waals surface area contributed by atoms with Gasteiger partial charge in [-0.1, -0.05) is 12.2 Å². The summed E-state index contributed by atoms with van der Waals surface area (Å²) in [4.78, 5) is 22.4. The van der Waals surface area contributed by atoms with Gasteiger partial charge in [0.2, 0.25) is 0 Å². The van der Waals surface area contributed by atoms with Crippen molar-refractivity contribution in [1.82, 2.24) is 0 Å². The van der Waals surface area contributed by atoms with Gasteiger partial charge in [0.1, 0.15) is 0 Å². The maximum atomic E-state index is 11.4. The first-order valence-electron chi connectivity index (χ1n) is 6.36. The second-order valence-electron chi connectivity index (χ2n) is 4.24. The van der Waals surface area contributed by atoms with Gasteiger partial charge in [0.15, 0.2) is 5.78 Å². The van der Waals surface area contributed by atoms with E-state index in [1.165, 1.54) is 0 Å². The normalized spacial score (nSPS) is 19.3. The fourth-order valence-electron chi connectivity index (χ4n) is 1.84. The molecule has 4 nitrogen and oxygen atoms in total. The number of Topliss-reactive ketones (excluding diaryl/α,β-unsaturated/α-hetero) is 1. The fraction of sp³-hybridized carbons (Fsp3) is 0.571. The van der Waals surface area contributed by atoms with E-state index in [1.807, 2.05) is 12.2 Å². The summed E-state index contributed by atoms with van der Waals surface area (Å²) in [7, 11) is 0. The molecule has 0 aliphatic heterocycles. The SMILES string of the molecule is CCOC(=O)CCC=CCCC1=C[C@H](O)CC1=O. The predicted molar refractivity (Wildman–Crippen MR) is 68.0 cm³/mol. The molecular weight excluding hydrogens is 232 g/mol. The molecule has 4 heteroatoms. The highest BCUT2D eigenvalue weighted by Crippen LogP contribution is 2.19. The second kappa shape index (κ2) is 7.82. The Morgan fingerprint density at radius 2 is 2.22 bits per heavy atom. The van der Waals surface area contributed by atoms with Gasteiger partial charge in [-0.3, -0.25) is 9.59 Å². The van der Waals surface area contributed by atoms with Crippen LogP contribution in [-0.4, -0.2) is 29.6 Å². The number of carbonyl (C=O) groups excluding carboxylic acids is 2. The summed E-state index contributed by atoms with van der Waals surface area (Å²) in [5, 5.41) is 9.26. The van der Waals surface area contributed by atoms with E-state index in [-0.39, 0.29) is 18.2 Å². The number of rotatable bonds is 7. The molecular formula is C14H20O4. The summed E-state index contributed by atoms with van der Waals surface area (Å²) in [5.74, 6) is -0.138. The number of carbonyl (C=O) groups is 2. The zero-order chi connectivity index (χ0) is 13.4. The van der Waals surface area contributed by atoms with Gasteiger partial charge in [-0.15, -0.1) is 0 Å². The molecule has 0 saturated heterocycles. The van der Waals surface area contributed by atoms with E-state index in [2.05, 4.69) is 0 Å². The summed E-state index contributed by atoms with van der Waals surface area (Å²) in [6.07, 6.45) is 7.61. The minimum Gasteiger partial charge on any atom is -0.466 e. The highest BCUT2D eigenvalue weighted by Gasteiger charge is 2.20. The van der Waals surface area contributed by atoms with E-state index in [4.69, 9.17) is 4.74 Å². The van der Waals surface area contributed by atoms with Crippen molar-refractivity contribution in [3.05, 3.63) is 23.8 Å². The average Bonchev–Trinajstić information content (AvgIpc) is 2.62. The number of hydrogen-bond donors (Lipinski definition) is 1. The van der Waals surface area contributed by atoms with Gasteiger partial charge >= 0.3 is 5.97 Å². The minimum atomic E-state index is -0.597. The van der Waals surface area contributed by atoms with Crippen molar-refractivity contribution in [2.45, 2.75) is 45.1 Å². The Morgan fingerprint density at radius 1 is 1.50 bits per heavy atom. The summed E-state index contributed by atoms with van der Waals surface area (Å²) in [6.45, 7) is 2.20. The van der Waals surface area contributed by atoms with Crippen molar-refractivity contribution >= 4 is 11.8 Å². The van der Waals surface area contributed by atoms with Gasteiger partial charge in [0, 0.05) is 12.8 Å². The van der Waals surface area contributed by atoms with Gasteiger partial charge in [0.25, 0.3) is 0 Å². The minimum absolute atomic E-state index is 0.0439. The third-order valence-electron chi connectivity index (χ3n) is 2.71. The highest BCUT2D eigenvalue weighted by atomic mass is 16.5. The molecule has 0 unspecified atom stereocenters. The van der Waals surface area contributed by atoms with Gasteiger partial charge in [-0.25, -0.2) is 0 Å². The molecule has 0 aromatic rings. The molecule has 100 valence electrons. The monoisotopic (exact) mass is 252 g/mol.